The standard InChI is InChI=1S/C13H21NO3/c1-5-7-10(3)8-12(14-11(4)15)9-13(16)17-6-2/h5,7,9-10H,6,8H2,1-4H3,(H,14,15)/t10-/m1/s1. The first-order valence-electron chi connectivity index (χ1n) is 5.77. The summed E-state index contributed by atoms with van der Waals surface area (Å²) in [5.74, 6) is -0.357. The minimum absolute atomic E-state index is 0.187. The summed E-state index contributed by atoms with van der Waals surface area (Å²) in [6.45, 7) is 7.43. The molecule has 17 heavy (non-hydrogen) atoms. The van der Waals surface area contributed by atoms with Gasteiger partial charge in [0, 0.05) is 18.7 Å². The Morgan fingerprint density at radius 1 is 1.41 bits per heavy atom. The Morgan fingerprint density at radius 3 is 2.53 bits per heavy atom. The fourth-order valence-electron chi connectivity index (χ4n) is 1.44. The number of rotatable bonds is 6. The summed E-state index contributed by atoms with van der Waals surface area (Å²) in [7, 11) is 0. The van der Waals surface area contributed by atoms with Gasteiger partial charge in [0.15, 0.2) is 0 Å². The molecule has 0 aliphatic heterocycles. The number of nitrogens with one attached hydrogen (secondary N) is 1. The molecule has 4 nitrogen and oxygen atoms in total. The van der Waals surface area contributed by atoms with Gasteiger partial charge in [-0.1, -0.05) is 19.1 Å². The first-order chi connectivity index (χ1) is 7.99. The molecule has 96 valence electrons. The van der Waals surface area contributed by atoms with Crippen molar-refractivity contribution >= 4 is 11.9 Å². The highest BCUT2D eigenvalue weighted by atomic mass is 16.5. The largest absolute Gasteiger partial charge is 0.463 e. The van der Waals surface area contributed by atoms with Crippen molar-refractivity contribution in [2.24, 2.45) is 5.92 Å². The molecule has 1 atom stereocenters. The third kappa shape index (κ3) is 8.25. The van der Waals surface area contributed by atoms with Crippen LogP contribution in [0.1, 0.15) is 34.1 Å². The minimum Gasteiger partial charge on any atom is -0.463 e. The first kappa shape index (κ1) is 15.4. The summed E-state index contributed by atoms with van der Waals surface area (Å²) in [5.41, 5.74) is 0.585. The van der Waals surface area contributed by atoms with E-state index in [4.69, 9.17) is 4.74 Å². The summed E-state index contributed by atoms with van der Waals surface area (Å²) < 4.78 is 4.81. The molecule has 0 aliphatic carbocycles. The van der Waals surface area contributed by atoms with Gasteiger partial charge in [0.05, 0.1) is 6.61 Å². The van der Waals surface area contributed by atoms with Crippen molar-refractivity contribution in [2.75, 3.05) is 6.61 Å². The Balaban J connectivity index is 4.62. The number of amides is 1. The van der Waals surface area contributed by atoms with E-state index in [0.717, 1.165) is 0 Å². The van der Waals surface area contributed by atoms with Crippen molar-refractivity contribution in [3.05, 3.63) is 23.9 Å². The molecular weight excluding hydrogens is 218 g/mol. The van der Waals surface area contributed by atoms with Gasteiger partial charge in [0.1, 0.15) is 0 Å². The fourth-order valence-corrected chi connectivity index (χ4v) is 1.44. The Bertz CT molecular complexity index is 319. The molecule has 0 aliphatic rings. The molecule has 0 heterocycles. The van der Waals surface area contributed by atoms with Crippen LogP contribution >= 0.6 is 0 Å². The van der Waals surface area contributed by atoms with Crippen molar-refractivity contribution in [3.63, 3.8) is 0 Å². The van der Waals surface area contributed by atoms with Crippen molar-refractivity contribution in [2.45, 2.75) is 34.1 Å². The summed E-state index contributed by atoms with van der Waals surface area (Å²) in [6.07, 6.45) is 5.90. The van der Waals surface area contributed by atoms with Gasteiger partial charge in [0.25, 0.3) is 0 Å². The van der Waals surface area contributed by atoms with Crippen LogP contribution in [0.5, 0.6) is 0 Å². The van der Waals surface area contributed by atoms with E-state index < -0.39 is 5.97 Å². The normalized spacial score (nSPS) is 13.5. The van der Waals surface area contributed by atoms with Crippen molar-refractivity contribution in [1.29, 1.82) is 0 Å². The van der Waals surface area contributed by atoms with Crippen LogP contribution in [-0.4, -0.2) is 18.5 Å². The van der Waals surface area contributed by atoms with Gasteiger partial charge in [0.2, 0.25) is 5.91 Å². The van der Waals surface area contributed by atoms with Gasteiger partial charge < -0.3 is 10.1 Å². The number of allylic oxidation sites excluding steroid dienone is 3. The maximum absolute atomic E-state index is 11.3. The number of carbonyl (C=O) groups is 2. The molecular formula is C13H21NO3. The Hall–Kier alpha value is -1.58. The first-order valence-corrected chi connectivity index (χ1v) is 5.77. The summed E-state index contributed by atoms with van der Waals surface area (Å²) in [4.78, 5) is 22.3. The lowest BCUT2D eigenvalue weighted by atomic mass is 10.0. The van der Waals surface area contributed by atoms with Crippen LogP contribution < -0.4 is 5.32 Å². The summed E-state index contributed by atoms with van der Waals surface area (Å²) in [6, 6.07) is 0. The topological polar surface area (TPSA) is 55.4 Å². The van der Waals surface area contributed by atoms with Crippen LogP contribution in [0.15, 0.2) is 23.9 Å². The van der Waals surface area contributed by atoms with Crippen LogP contribution in [0.4, 0.5) is 0 Å². The number of esters is 1. The van der Waals surface area contributed by atoms with Crippen molar-refractivity contribution in [1.82, 2.24) is 5.32 Å². The smallest absolute Gasteiger partial charge is 0.332 e. The van der Waals surface area contributed by atoms with Gasteiger partial charge in [-0.2, -0.15) is 0 Å². The van der Waals surface area contributed by atoms with Gasteiger partial charge >= 0.3 is 5.97 Å². The SMILES string of the molecule is CC=C[C@@H](C)CC(=CC(=O)OCC)NC(C)=O. The minimum atomic E-state index is -0.427. The second kappa shape index (κ2) is 8.56. The number of hydrogen-bond acceptors (Lipinski definition) is 3. The van der Waals surface area contributed by atoms with E-state index in [1.807, 2.05) is 26.0 Å². The van der Waals surface area contributed by atoms with Crippen LogP contribution in [0.3, 0.4) is 0 Å². The monoisotopic (exact) mass is 239 g/mol. The highest BCUT2D eigenvalue weighted by molar-refractivity contribution is 5.84. The molecule has 1 N–H and O–H groups in total. The lowest BCUT2D eigenvalue weighted by Crippen LogP contribution is -2.21. The number of ether oxygens (including phenoxy) is 1. The lowest BCUT2D eigenvalue weighted by molar-refractivity contribution is -0.137. The van der Waals surface area contributed by atoms with Gasteiger partial charge in [-0.3, -0.25) is 4.79 Å². The third-order valence-electron chi connectivity index (χ3n) is 1.98. The molecule has 1 amide bonds. The van der Waals surface area contributed by atoms with Crippen LogP contribution in [0.2, 0.25) is 0 Å². The van der Waals surface area contributed by atoms with E-state index in [2.05, 4.69) is 5.32 Å². The average Bonchev–Trinajstić information content (AvgIpc) is 2.16. The molecule has 4 heteroatoms. The second-order valence-electron chi connectivity index (χ2n) is 3.81. The van der Waals surface area contributed by atoms with Gasteiger partial charge in [-0.25, -0.2) is 4.79 Å². The van der Waals surface area contributed by atoms with E-state index in [-0.39, 0.29) is 11.8 Å². The van der Waals surface area contributed by atoms with E-state index >= 15 is 0 Å². The molecule has 0 aromatic rings. The van der Waals surface area contributed by atoms with E-state index in [1.54, 1.807) is 6.92 Å². The van der Waals surface area contributed by atoms with Crippen molar-refractivity contribution < 1.29 is 14.3 Å². The Labute approximate surface area is 103 Å². The van der Waals surface area contributed by atoms with Crippen LogP contribution in [-0.2, 0) is 14.3 Å². The maximum Gasteiger partial charge on any atom is 0.332 e. The average molecular weight is 239 g/mol. The highest BCUT2D eigenvalue weighted by Crippen LogP contribution is 2.10. The molecule has 0 saturated heterocycles. The zero-order valence-electron chi connectivity index (χ0n) is 10.9. The quantitative estimate of drug-likeness (QED) is 0.439. The highest BCUT2D eigenvalue weighted by Gasteiger charge is 2.07. The zero-order valence-corrected chi connectivity index (χ0v) is 10.9. The number of carbonyl (C=O) groups excluding carboxylic acids is 2. The fraction of sp³-hybridized carbons (Fsp3) is 0.538. The van der Waals surface area contributed by atoms with Crippen LogP contribution in [0.25, 0.3) is 0 Å². The maximum atomic E-state index is 11.3. The molecule has 0 aromatic carbocycles. The second-order valence-corrected chi connectivity index (χ2v) is 3.81. The number of hydrogen-bond donors (Lipinski definition) is 1. The molecule has 0 fully saturated rings. The Kier molecular flexibility index (Phi) is 7.76. The van der Waals surface area contributed by atoms with E-state index in [1.165, 1.54) is 13.0 Å². The lowest BCUT2D eigenvalue weighted by Gasteiger charge is -2.11. The predicted octanol–water partition coefficient (Wildman–Crippen LogP) is 2.17. The molecule has 0 aromatic heterocycles. The third-order valence-corrected chi connectivity index (χ3v) is 1.98. The van der Waals surface area contributed by atoms with E-state index in [9.17, 15) is 9.59 Å². The molecule has 0 bridgehead atoms. The van der Waals surface area contributed by atoms with Gasteiger partial charge in [-0.15, -0.1) is 0 Å². The predicted molar refractivity (Wildman–Crippen MR) is 67.1 cm³/mol. The van der Waals surface area contributed by atoms with Gasteiger partial charge in [-0.05, 0) is 26.2 Å². The summed E-state index contributed by atoms with van der Waals surface area (Å²) in [5, 5.41) is 2.65. The van der Waals surface area contributed by atoms with Crippen molar-refractivity contribution in [3.8, 4) is 0 Å². The molecule has 0 spiro atoms. The molecule has 0 saturated carbocycles. The zero-order chi connectivity index (χ0) is 13.3. The molecule has 0 rings (SSSR count). The summed E-state index contributed by atoms with van der Waals surface area (Å²) >= 11 is 0. The Morgan fingerprint density at radius 2 is 2.06 bits per heavy atom. The molecule has 0 radical (unpaired) electrons. The van der Waals surface area contributed by atoms with E-state index in [0.29, 0.717) is 18.7 Å². The van der Waals surface area contributed by atoms with Crippen LogP contribution in [0, 0.1) is 5.92 Å². The molecule has 0 unspecified atom stereocenters.